The molecule has 0 radical (unpaired) electrons. The van der Waals surface area contributed by atoms with Gasteiger partial charge in [0.2, 0.25) is 0 Å². The van der Waals surface area contributed by atoms with Crippen molar-refractivity contribution in [3.8, 4) is 11.4 Å². The van der Waals surface area contributed by atoms with E-state index in [0.29, 0.717) is 6.61 Å². The normalized spacial score (nSPS) is 10.6. The van der Waals surface area contributed by atoms with Gasteiger partial charge in [-0.2, -0.15) is 0 Å². The monoisotopic (exact) mass is 279 g/mol. The summed E-state index contributed by atoms with van der Waals surface area (Å²) < 4.78 is 7.80. The lowest BCUT2D eigenvalue weighted by molar-refractivity contribution is 0.306. The summed E-state index contributed by atoms with van der Waals surface area (Å²) in [6.07, 6.45) is 0. The van der Waals surface area contributed by atoms with Gasteiger partial charge in [-0.05, 0) is 43.7 Å². The summed E-state index contributed by atoms with van der Waals surface area (Å²) in [4.78, 5) is 0. The van der Waals surface area contributed by atoms with Crippen LogP contribution in [0.2, 0.25) is 0 Å². The first-order chi connectivity index (χ1) is 10.2. The second kappa shape index (κ2) is 5.79. The molecule has 3 aromatic rings. The first-order valence-electron chi connectivity index (χ1n) is 6.90. The highest BCUT2D eigenvalue weighted by Gasteiger charge is 2.06. The van der Waals surface area contributed by atoms with Crippen LogP contribution >= 0.6 is 0 Å². The summed E-state index contributed by atoms with van der Waals surface area (Å²) in [6.45, 7) is 4.46. The van der Waals surface area contributed by atoms with Gasteiger partial charge >= 0.3 is 0 Å². The maximum atomic E-state index is 5.78. The number of hydrogen-bond acceptors (Lipinski definition) is 3. The zero-order chi connectivity index (χ0) is 14.7. The van der Waals surface area contributed by atoms with E-state index in [1.54, 1.807) is 0 Å². The van der Waals surface area contributed by atoms with Crippen molar-refractivity contribution >= 4 is 0 Å². The third kappa shape index (κ3) is 2.94. The van der Waals surface area contributed by atoms with Gasteiger partial charge in [0.1, 0.15) is 24.0 Å². The van der Waals surface area contributed by atoms with E-state index >= 15 is 0 Å². The van der Waals surface area contributed by atoms with Crippen molar-refractivity contribution in [2.75, 3.05) is 0 Å². The highest BCUT2D eigenvalue weighted by atomic mass is 16.5. The fourth-order valence-electron chi connectivity index (χ4n) is 2.27. The van der Waals surface area contributed by atoms with E-state index in [9.17, 15) is 0 Å². The van der Waals surface area contributed by atoms with Crippen molar-refractivity contribution in [3.63, 3.8) is 0 Å². The Hall–Kier alpha value is -2.62. The first kappa shape index (κ1) is 13.4. The minimum Gasteiger partial charge on any atom is -0.489 e. The van der Waals surface area contributed by atoms with Gasteiger partial charge in [0.15, 0.2) is 0 Å². The molecule has 0 saturated carbocycles. The van der Waals surface area contributed by atoms with Gasteiger partial charge in [-0.15, -0.1) is 10.2 Å². The second-order valence-electron chi connectivity index (χ2n) is 4.90. The molecular weight excluding hydrogens is 262 g/mol. The zero-order valence-electron chi connectivity index (χ0n) is 12.2. The molecule has 2 aromatic carbocycles. The molecule has 0 spiro atoms. The zero-order valence-corrected chi connectivity index (χ0v) is 12.2. The number of aromatic nitrogens is 3. The van der Waals surface area contributed by atoms with Crippen molar-refractivity contribution in [1.29, 1.82) is 0 Å². The van der Waals surface area contributed by atoms with Crippen LogP contribution in [0.5, 0.6) is 5.75 Å². The van der Waals surface area contributed by atoms with Crippen LogP contribution in [0.1, 0.15) is 17.2 Å². The molecule has 0 fully saturated rings. The fourth-order valence-corrected chi connectivity index (χ4v) is 2.27. The molecule has 3 rings (SSSR count). The van der Waals surface area contributed by atoms with Crippen molar-refractivity contribution in [2.24, 2.45) is 0 Å². The van der Waals surface area contributed by atoms with Crippen molar-refractivity contribution in [3.05, 3.63) is 71.8 Å². The number of rotatable bonds is 4. The standard InChI is InChI=1S/C17H17N3O/c1-13-18-19-14(2)20(13)16-8-10-17(11-9-16)21-12-15-6-4-3-5-7-15/h3-11H,12H2,1-2H3. The Labute approximate surface area is 124 Å². The van der Waals surface area contributed by atoms with Crippen LogP contribution < -0.4 is 4.74 Å². The molecule has 0 atom stereocenters. The number of nitrogens with zero attached hydrogens (tertiary/aromatic N) is 3. The van der Waals surface area contributed by atoms with E-state index in [4.69, 9.17) is 4.74 Å². The minimum absolute atomic E-state index is 0.574. The Balaban J connectivity index is 1.73. The minimum atomic E-state index is 0.574. The molecule has 21 heavy (non-hydrogen) atoms. The molecule has 106 valence electrons. The summed E-state index contributed by atoms with van der Waals surface area (Å²) in [5.41, 5.74) is 2.20. The average Bonchev–Trinajstić information content (AvgIpc) is 2.86. The SMILES string of the molecule is Cc1nnc(C)n1-c1ccc(OCc2ccccc2)cc1. The van der Waals surface area contributed by atoms with Gasteiger partial charge < -0.3 is 4.74 Å². The molecule has 1 aromatic heterocycles. The van der Waals surface area contributed by atoms with Gasteiger partial charge in [0.05, 0.1) is 0 Å². The Morgan fingerprint density at radius 1 is 0.857 bits per heavy atom. The van der Waals surface area contributed by atoms with Gasteiger partial charge in [0.25, 0.3) is 0 Å². The average molecular weight is 279 g/mol. The van der Waals surface area contributed by atoms with E-state index < -0.39 is 0 Å². The summed E-state index contributed by atoms with van der Waals surface area (Å²) in [5.74, 6) is 2.61. The highest BCUT2D eigenvalue weighted by molar-refractivity contribution is 5.39. The highest BCUT2D eigenvalue weighted by Crippen LogP contribution is 2.18. The van der Waals surface area contributed by atoms with E-state index in [0.717, 1.165) is 28.6 Å². The van der Waals surface area contributed by atoms with E-state index in [1.165, 1.54) is 0 Å². The molecular formula is C17H17N3O. The van der Waals surface area contributed by atoms with Crippen LogP contribution in [0.3, 0.4) is 0 Å². The Bertz CT molecular complexity index is 698. The molecule has 0 bridgehead atoms. The van der Waals surface area contributed by atoms with Gasteiger partial charge in [-0.1, -0.05) is 30.3 Å². The molecule has 0 saturated heterocycles. The lowest BCUT2D eigenvalue weighted by atomic mass is 10.2. The lowest BCUT2D eigenvalue weighted by Gasteiger charge is -2.09. The molecule has 0 unspecified atom stereocenters. The molecule has 4 nitrogen and oxygen atoms in total. The van der Waals surface area contributed by atoms with Crippen molar-refractivity contribution < 1.29 is 4.74 Å². The Morgan fingerprint density at radius 3 is 2.10 bits per heavy atom. The van der Waals surface area contributed by atoms with Crippen LogP contribution in [0.25, 0.3) is 5.69 Å². The largest absolute Gasteiger partial charge is 0.489 e. The molecule has 0 amide bonds. The van der Waals surface area contributed by atoms with Crippen LogP contribution in [-0.4, -0.2) is 14.8 Å². The smallest absolute Gasteiger partial charge is 0.134 e. The number of aryl methyl sites for hydroxylation is 2. The summed E-state index contributed by atoms with van der Waals surface area (Å²) in [6, 6.07) is 18.1. The maximum absolute atomic E-state index is 5.78. The molecule has 4 heteroatoms. The molecule has 0 aliphatic heterocycles. The summed E-state index contributed by atoms with van der Waals surface area (Å²) >= 11 is 0. The first-order valence-corrected chi connectivity index (χ1v) is 6.90. The van der Waals surface area contributed by atoms with Gasteiger partial charge in [-0.3, -0.25) is 4.57 Å². The molecule has 1 heterocycles. The van der Waals surface area contributed by atoms with Crippen LogP contribution in [0.4, 0.5) is 0 Å². The van der Waals surface area contributed by atoms with Gasteiger partial charge in [0, 0.05) is 5.69 Å². The quantitative estimate of drug-likeness (QED) is 0.734. The summed E-state index contributed by atoms with van der Waals surface area (Å²) in [5, 5.41) is 8.15. The van der Waals surface area contributed by atoms with Crippen LogP contribution in [0.15, 0.2) is 54.6 Å². The van der Waals surface area contributed by atoms with Crippen molar-refractivity contribution in [2.45, 2.75) is 20.5 Å². The predicted octanol–water partition coefficient (Wildman–Crippen LogP) is 3.46. The van der Waals surface area contributed by atoms with E-state index in [1.807, 2.05) is 60.9 Å². The van der Waals surface area contributed by atoms with E-state index in [2.05, 4.69) is 22.3 Å². The topological polar surface area (TPSA) is 39.9 Å². The third-order valence-corrected chi connectivity index (χ3v) is 3.33. The maximum Gasteiger partial charge on any atom is 0.134 e. The van der Waals surface area contributed by atoms with Crippen LogP contribution in [0, 0.1) is 13.8 Å². The molecule has 0 aliphatic rings. The third-order valence-electron chi connectivity index (χ3n) is 3.33. The predicted molar refractivity (Wildman–Crippen MR) is 81.6 cm³/mol. The Kier molecular flexibility index (Phi) is 3.69. The van der Waals surface area contributed by atoms with Crippen LogP contribution in [-0.2, 0) is 6.61 Å². The van der Waals surface area contributed by atoms with E-state index in [-0.39, 0.29) is 0 Å². The summed E-state index contributed by atoms with van der Waals surface area (Å²) in [7, 11) is 0. The number of benzene rings is 2. The number of hydrogen-bond donors (Lipinski definition) is 0. The number of ether oxygens (including phenoxy) is 1. The molecule has 0 aliphatic carbocycles. The van der Waals surface area contributed by atoms with Crippen molar-refractivity contribution in [1.82, 2.24) is 14.8 Å². The Morgan fingerprint density at radius 2 is 1.48 bits per heavy atom. The fraction of sp³-hybridized carbons (Fsp3) is 0.176. The second-order valence-corrected chi connectivity index (χ2v) is 4.90. The lowest BCUT2D eigenvalue weighted by Crippen LogP contribution is -2.00. The van der Waals surface area contributed by atoms with Gasteiger partial charge in [-0.25, -0.2) is 0 Å². The molecule has 0 N–H and O–H groups in total.